The van der Waals surface area contributed by atoms with Gasteiger partial charge in [0.2, 0.25) is 0 Å². The molecule has 7 heteroatoms. The van der Waals surface area contributed by atoms with Gasteiger partial charge in [-0.1, -0.05) is 0 Å². The maximum atomic E-state index is 12.5. The topological polar surface area (TPSA) is 56.7 Å². The summed E-state index contributed by atoms with van der Waals surface area (Å²) in [7, 11) is 1.66. The molecule has 2 rings (SSSR count). The molecular weight excluding hydrogens is 245 g/mol. The Bertz CT molecular complexity index is 586. The van der Waals surface area contributed by atoms with E-state index in [1.807, 2.05) is 0 Å². The van der Waals surface area contributed by atoms with E-state index in [9.17, 15) is 13.2 Å². The fourth-order valence-corrected chi connectivity index (χ4v) is 1.69. The third-order valence-corrected chi connectivity index (χ3v) is 2.49. The molecule has 0 saturated heterocycles. The number of nitrogen functional groups attached to an aromatic ring is 1. The maximum Gasteiger partial charge on any atom is 0.416 e. The number of aromatic nitrogens is 3. The Balaban J connectivity index is 2.51. The second kappa shape index (κ2) is 4.01. The van der Waals surface area contributed by atoms with Crippen molar-refractivity contribution in [3.63, 3.8) is 0 Å². The first-order chi connectivity index (χ1) is 8.29. The highest BCUT2D eigenvalue weighted by Crippen LogP contribution is 2.33. The smallest absolute Gasteiger partial charge is 0.398 e. The highest BCUT2D eigenvalue weighted by atomic mass is 19.4. The summed E-state index contributed by atoms with van der Waals surface area (Å²) in [6.45, 7) is 1.70. The number of hydrogen-bond acceptors (Lipinski definition) is 3. The molecule has 4 nitrogen and oxygen atoms in total. The van der Waals surface area contributed by atoms with Gasteiger partial charge in [0.25, 0.3) is 0 Å². The fraction of sp³-hybridized carbons (Fsp3) is 0.273. The Hall–Kier alpha value is -2.05. The van der Waals surface area contributed by atoms with Crippen LogP contribution in [0.2, 0.25) is 0 Å². The average molecular weight is 256 g/mol. The quantitative estimate of drug-likeness (QED) is 0.797. The van der Waals surface area contributed by atoms with Crippen LogP contribution in [0.15, 0.2) is 18.2 Å². The van der Waals surface area contributed by atoms with E-state index in [1.54, 1.807) is 14.0 Å². The molecule has 0 saturated carbocycles. The summed E-state index contributed by atoms with van der Waals surface area (Å²) < 4.78 is 39.0. The summed E-state index contributed by atoms with van der Waals surface area (Å²) >= 11 is 0. The lowest BCUT2D eigenvalue weighted by atomic mass is 10.1. The number of nitrogens with zero attached hydrogens (tertiary/aromatic N) is 3. The van der Waals surface area contributed by atoms with Gasteiger partial charge in [-0.3, -0.25) is 0 Å². The molecule has 18 heavy (non-hydrogen) atoms. The molecule has 96 valence electrons. The van der Waals surface area contributed by atoms with Gasteiger partial charge in [-0.25, -0.2) is 9.67 Å². The van der Waals surface area contributed by atoms with Crippen molar-refractivity contribution >= 4 is 5.69 Å². The fourth-order valence-electron chi connectivity index (χ4n) is 1.69. The molecule has 0 aliphatic heterocycles. The van der Waals surface area contributed by atoms with Gasteiger partial charge in [-0.05, 0) is 25.1 Å². The molecule has 0 atom stereocenters. The molecule has 0 spiro atoms. The molecule has 0 aliphatic rings. The van der Waals surface area contributed by atoms with Gasteiger partial charge in [-0.2, -0.15) is 18.3 Å². The lowest BCUT2D eigenvalue weighted by Gasteiger charge is -2.10. The molecule has 1 aromatic heterocycles. The van der Waals surface area contributed by atoms with Gasteiger partial charge in [0, 0.05) is 18.3 Å². The normalized spacial score (nSPS) is 11.8. The van der Waals surface area contributed by atoms with Crippen molar-refractivity contribution in [2.75, 3.05) is 5.73 Å². The molecule has 1 heterocycles. The van der Waals surface area contributed by atoms with E-state index in [2.05, 4.69) is 10.1 Å². The van der Waals surface area contributed by atoms with Crippen molar-refractivity contribution in [2.45, 2.75) is 13.1 Å². The van der Waals surface area contributed by atoms with Gasteiger partial charge >= 0.3 is 6.18 Å². The first-order valence-corrected chi connectivity index (χ1v) is 5.14. The summed E-state index contributed by atoms with van der Waals surface area (Å²) in [4.78, 5) is 4.12. The van der Waals surface area contributed by atoms with Gasteiger partial charge in [0.15, 0.2) is 5.82 Å². The number of anilines is 1. The molecule has 0 radical (unpaired) electrons. The third-order valence-electron chi connectivity index (χ3n) is 2.49. The maximum absolute atomic E-state index is 12.5. The summed E-state index contributed by atoms with van der Waals surface area (Å²) in [5.41, 5.74) is 5.34. The van der Waals surface area contributed by atoms with Crippen LogP contribution in [-0.2, 0) is 13.2 Å². The number of nitrogens with two attached hydrogens (primary N) is 1. The zero-order valence-corrected chi connectivity index (χ0v) is 9.78. The van der Waals surface area contributed by atoms with E-state index in [-0.39, 0.29) is 5.69 Å². The number of rotatable bonds is 1. The minimum absolute atomic E-state index is 0.0281. The third kappa shape index (κ3) is 2.15. The first kappa shape index (κ1) is 12.4. The van der Waals surface area contributed by atoms with Crippen LogP contribution in [0.4, 0.5) is 18.9 Å². The van der Waals surface area contributed by atoms with Crippen LogP contribution in [-0.4, -0.2) is 14.8 Å². The molecular formula is C11H11F3N4. The zero-order chi connectivity index (χ0) is 13.5. The van der Waals surface area contributed by atoms with Crippen molar-refractivity contribution < 1.29 is 13.2 Å². The summed E-state index contributed by atoms with van der Waals surface area (Å²) in [6, 6.07) is 3.19. The lowest BCUT2D eigenvalue weighted by molar-refractivity contribution is -0.137. The minimum Gasteiger partial charge on any atom is -0.398 e. The van der Waals surface area contributed by atoms with Gasteiger partial charge in [0.1, 0.15) is 5.82 Å². The van der Waals surface area contributed by atoms with Crippen molar-refractivity contribution in [3.05, 3.63) is 29.6 Å². The van der Waals surface area contributed by atoms with Crippen LogP contribution < -0.4 is 5.73 Å². The van der Waals surface area contributed by atoms with Crippen LogP contribution in [0.3, 0.4) is 0 Å². The van der Waals surface area contributed by atoms with E-state index >= 15 is 0 Å². The SMILES string of the molecule is Cc1nc(-c2ccc(C(F)(F)F)cc2N)n(C)n1. The predicted octanol–water partition coefficient (Wildman–Crippen LogP) is 2.39. The summed E-state index contributed by atoms with van der Waals surface area (Å²) in [5.74, 6) is 0.977. The van der Waals surface area contributed by atoms with E-state index in [0.717, 1.165) is 12.1 Å². The monoisotopic (exact) mass is 256 g/mol. The number of alkyl halides is 3. The largest absolute Gasteiger partial charge is 0.416 e. The Morgan fingerprint density at radius 1 is 1.28 bits per heavy atom. The molecule has 0 fully saturated rings. The van der Waals surface area contributed by atoms with Gasteiger partial charge in [0.05, 0.1) is 5.56 Å². The molecule has 0 aliphatic carbocycles. The van der Waals surface area contributed by atoms with E-state index in [4.69, 9.17) is 5.73 Å². The zero-order valence-electron chi connectivity index (χ0n) is 9.78. The molecule has 1 aromatic carbocycles. The Kier molecular flexibility index (Phi) is 2.76. The van der Waals surface area contributed by atoms with E-state index in [1.165, 1.54) is 10.7 Å². The molecule has 0 unspecified atom stereocenters. The molecule has 0 bridgehead atoms. The van der Waals surface area contributed by atoms with Crippen LogP contribution in [0.1, 0.15) is 11.4 Å². The Labute approximate surface area is 101 Å². The van der Waals surface area contributed by atoms with Crippen LogP contribution >= 0.6 is 0 Å². The van der Waals surface area contributed by atoms with E-state index < -0.39 is 11.7 Å². The minimum atomic E-state index is -4.40. The van der Waals surface area contributed by atoms with Gasteiger partial charge < -0.3 is 5.73 Å². The molecule has 2 N–H and O–H groups in total. The second-order valence-electron chi connectivity index (χ2n) is 3.91. The molecule has 0 amide bonds. The number of aryl methyl sites for hydroxylation is 2. The highest BCUT2D eigenvalue weighted by Gasteiger charge is 2.31. The predicted molar refractivity (Wildman–Crippen MR) is 60.6 cm³/mol. The van der Waals surface area contributed by atoms with Crippen molar-refractivity contribution in [1.82, 2.24) is 14.8 Å². The van der Waals surface area contributed by atoms with E-state index in [0.29, 0.717) is 17.2 Å². The standard InChI is InChI=1S/C11H11F3N4/c1-6-16-10(18(2)17-6)8-4-3-7(5-9(8)15)11(12,13)14/h3-5H,15H2,1-2H3. The van der Waals surface area contributed by atoms with Crippen molar-refractivity contribution in [2.24, 2.45) is 7.05 Å². The number of benzene rings is 1. The van der Waals surface area contributed by atoms with Crippen LogP contribution in [0.25, 0.3) is 11.4 Å². The molecule has 2 aromatic rings. The summed E-state index contributed by atoms with van der Waals surface area (Å²) in [6.07, 6.45) is -4.40. The first-order valence-electron chi connectivity index (χ1n) is 5.14. The highest BCUT2D eigenvalue weighted by molar-refractivity contribution is 5.72. The lowest BCUT2D eigenvalue weighted by Crippen LogP contribution is -2.06. The van der Waals surface area contributed by atoms with Crippen LogP contribution in [0, 0.1) is 6.92 Å². The Morgan fingerprint density at radius 2 is 1.94 bits per heavy atom. The Morgan fingerprint density at radius 3 is 2.39 bits per heavy atom. The van der Waals surface area contributed by atoms with Gasteiger partial charge in [-0.15, -0.1) is 0 Å². The number of halogens is 3. The van der Waals surface area contributed by atoms with Crippen LogP contribution in [0.5, 0.6) is 0 Å². The van der Waals surface area contributed by atoms with Crippen molar-refractivity contribution in [3.8, 4) is 11.4 Å². The average Bonchev–Trinajstić information content (AvgIpc) is 2.56. The second-order valence-corrected chi connectivity index (χ2v) is 3.91. The summed E-state index contributed by atoms with van der Waals surface area (Å²) in [5, 5.41) is 4.03. The number of hydrogen-bond donors (Lipinski definition) is 1. The van der Waals surface area contributed by atoms with Crippen molar-refractivity contribution in [1.29, 1.82) is 0 Å².